The lowest BCUT2D eigenvalue weighted by atomic mass is 9.96. The van der Waals surface area contributed by atoms with Crippen molar-refractivity contribution in [2.45, 2.75) is 26.3 Å². The van der Waals surface area contributed by atoms with Gasteiger partial charge in [-0.15, -0.1) is 0 Å². The first-order valence-electron chi connectivity index (χ1n) is 6.45. The monoisotopic (exact) mass is 245 g/mol. The van der Waals surface area contributed by atoms with E-state index in [-0.39, 0.29) is 6.04 Å². The van der Waals surface area contributed by atoms with E-state index in [4.69, 9.17) is 5.73 Å². The number of rotatable bonds is 1. The maximum atomic E-state index is 6.11. The minimum Gasteiger partial charge on any atom is -0.353 e. The lowest BCUT2D eigenvalue weighted by Gasteiger charge is -2.35. The second kappa shape index (κ2) is 4.24. The highest BCUT2D eigenvalue weighted by Crippen LogP contribution is 2.24. The van der Waals surface area contributed by atoms with E-state index in [2.05, 4.69) is 28.0 Å². The van der Waals surface area contributed by atoms with Gasteiger partial charge < -0.3 is 10.6 Å². The van der Waals surface area contributed by atoms with Gasteiger partial charge in [-0.05, 0) is 25.3 Å². The maximum absolute atomic E-state index is 6.11. The highest BCUT2D eigenvalue weighted by atomic mass is 15.3. The summed E-state index contributed by atoms with van der Waals surface area (Å²) < 4.78 is 1.89. The Morgan fingerprint density at radius 1 is 1.39 bits per heavy atom. The van der Waals surface area contributed by atoms with Crippen LogP contribution in [0.5, 0.6) is 0 Å². The second-order valence-corrected chi connectivity index (χ2v) is 5.37. The Morgan fingerprint density at radius 2 is 2.22 bits per heavy atom. The fourth-order valence-corrected chi connectivity index (χ4v) is 2.85. The summed E-state index contributed by atoms with van der Waals surface area (Å²) in [7, 11) is 0. The van der Waals surface area contributed by atoms with Crippen LogP contribution in [0.2, 0.25) is 0 Å². The van der Waals surface area contributed by atoms with Gasteiger partial charge in [0.15, 0.2) is 5.82 Å². The summed E-state index contributed by atoms with van der Waals surface area (Å²) in [6, 6.07) is 2.31. The van der Waals surface area contributed by atoms with Crippen LogP contribution in [-0.2, 0) is 0 Å². The average molecular weight is 245 g/mol. The smallest absolute Gasteiger partial charge is 0.154 e. The minimum atomic E-state index is 0.236. The topological polar surface area (TPSA) is 59.5 Å². The molecule has 2 aromatic heterocycles. The molecule has 5 nitrogen and oxygen atoms in total. The molecule has 2 aromatic rings. The van der Waals surface area contributed by atoms with Crippen LogP contribution in [0.25, 0.3) is 5.52 Å². The summed E-state index contributed by atoms with van der Waals surface area (Å²) in [6.45, 7) is 6.14. The summed E-state index contributed by atoms with van der Waals surface area (Å²) in [4.78, 5) is 6.81. The van der Waals surface area contributed by atoms with E-state index in [0.717, 1.165) is 36.5 Å². The zero-order valence-corrected chi connectivity index (χ0v) is 10.9. The van der Waals surface area contributed by atoms with Gasteiger partial charge in [-0.2, -0.15) is 5.10 Å². The summed E-state index contributed by atoms with van der Waals surface area (Å²) in [5, 5.41) is 4.43. The molecule has 0 radical (unpaired) electrons. The van der Waals surface area contributed by atoms with E-state index < -0.39 is 0 Å². The SMILES string of the molecule is Cc1cc2c(N3CC(C)CC(N)C3)nccn2n1. The van der Waals surface area contributed by atoms with Crippen molar-refractivity contribution in [1.82, 2.24) is 14.6 Å². The van der Waals surface area contributed by atoms with Gasteiger partial charge in [-0.3, -0.25) is 0 Å². The number of anilines is 1. The molecule has 2 unspecified atom stereocenters. The Hall–Kier alpha value is -1.62. The zero-order valence-electron chi connectivity index (χ0n) is 10.9. The van der Waals surface area contributed by atoms with Crippen molar-refractivity contribution < 1.29 is 0 Å². The number of hydrogen-bond donors (Lipinski definition) is 1. The van der Waals surface area contributed by atoms with E-state index in [0.29, 0.717) is 5.92 Å². The number of nitrogens with zero attached hydrogens (tertiary/aromatic N) is 4. The van der Waals surface area contributed by atoms with Gasteiger partial charge in [0.25, 0.3) is 0 Å². The Bertz CT molecular complexity index is 552. The molecule has 3 heterocycles. The number of aromatic nitrogens is 3. The average Bonchev–Trinajstić information content (AvgIpc) is 2.67. The Balaban J connectivity index is 2.02. The van der Waals surface area contributed by atoms with E-state index in [1.807, 2.05) is 17.6 Å². The highest BCUT2D eigenvalue weighted by molar-refractivity contribution is 5.69. The summed E-state index contributed by atoms with van der Waals surface area (Å²) >= 11 is 0. The van der Waals surface area contributed by atoms with Crippen molar-refractivity contribution in [3.8, 4) is 0 Å². The van der Waals surface area contributed by atoms with Gasteiger partial charge >= 0.3 is 0 Å². The number of nitrogens with two attached hydrogens (primary N) is 1. The molecule has 0 aliphatic carbocycles. The molecule has 0 spiro atoms. The standard InChI is InChI=1S/C13H19N5/c1-9-5-11(14)8-17(7-9)13-12-6-10(2)16-18(12)4-3-15-13/h3-4,6,9,11H,5,7-8,14H2,1-2H3. The normalized spacial score (nSPS) is 24.7. The second-order valence-electron chi connectivity index (χ2n) is 5.37. The molecule has 1 saturated heterocycles. The first-order chi connectivity index (χ1) is 8.63. The van der Waals surface area contributed by atoms with E-state index in [1.54, 1.807) is 6.20 Å². The molecule has 3 rings (SSSR count). The van der Waals surface area contributed by atoms with Crippen LogP contribution in [0.3, 0.4) is 0 Å². The molecule has 0 saturated carbocycles. The third kappa shape index (κ3) is 1.95. The van der Waals surface area contributed by atoms with Gasteiger partial charge in [-0.25, -0.2) is 9.50 Å². The van der Waals surface area contributed by atoms with Crippen LogP contribution in [0.15, 0.2) is 18.5 Å². The summed E-state index contributed by atoms with van der Waals surface area (Å²) in [5.41, 5.74) is 8.19. The predicted molar refractivity (Wildman–Crippen MR) is 71.7 cm³/mol. The van der Waals surface area contributed by atoms with Crippen LogP contribution in [0.4, 0.5) is 5.82 Å². The number of piperidine rings is 1. The molecule has 2 atom stereocenters. The quantitative estimate of drug-likeness (QED) is 0.820. The van der Waals surface area contributed by atoms with Crippen LogP contribution < -0.4 is 10.6 Å². The van der Waals surface area contributed by atoms with Crippen LogP contribution in [0.1, 0.15) is 19.0 Å². The molecule has 5 heteroatoms. The zero-order chi connectivity index (χ0) is 12.7. The first kappa shape index (κ1) is 11.5. The molecular weight excluding hydrogens is 226 g/mol. The first-order valence-corrected chi connectivity index (χ1v) is 6.45. The molecule has 0 amide bonds. The molecule has 2 N–H and O–H groups in total. The van der Waals surface area contributed by atoms with Gasteiger partial charge in [0, 0.05) is 31.5 Å². The lowest BCUT2D eigenvalue weighted by Crippen LogP contribution is -2.46. The number of aryl methyl sites for hydroxylation is 1. The molecule has 1 aliphatic rings. The molecule has 18 heavy (non-hydrogen) atoms. The van der Waals surface area contributed by atoms with Crippen molar-refractivity contribution >= 4 is 11.3 Å². The molecule has 1 aliphatic heterocycles. The fraction of sp³-hybridized carbons (Fsp3) is 0.538. The molecule has 0 aromatic carbocycles. The minimum absolute atomic E-state index is 0.236. The predicted octanol–water partition coefficient (Wildman–Crippen LogP) is 1.21. The van der Waals surface area contributed by atoms with E-state index in [1.165, 1.54) is 0 Å². The van der Waals surface area contributed by atoms with Gasteiger partial charge in [0.05, 0.1) is 5.69 Å². The lowest BCUT2D eigenvalue weighted by molar-refractivity contribution is 0.400. The Morgan fingerprint density at radius 3 is 3.00 bits per heavy atom. The number of fused-ring (bicyclic) bond motifs is 1. The molecule has 1 fully saturated rings. The Labute approximate surface area is 107 Å². The van der Waals surface area contributed by atoms with Crippen molar-refractivity contribution in [3.63, 3.8) is 0 Å². The van der Waals surface area contributed by atoms with Crippen molar-refractivity contribution in [2.75, 3.05) is 18.0 Å². The maximum Gasteiger partial charge on any atom is 0.154 e. The molecule has 96 valence electrons. The summed E-state index contributed by atoms with van der Waals surface area (Å²) in [5.74, 6) is 1.61. The third-order valence-corrected chi connectivity index (χ3v) is 3.48. The van der Waals surface area contributed by atoms with Crippen LogP contribution in [-0.4, -0.2) is 33.7 Å². The van der Waals surface area contributed by atoms with Gasteiger partial charge in [0.1, 0.15) is 5.52 Å². The van der Waals surface area contributed by atoms with Crippen molar-refractivity contribution in [1.29, 1.82) is 0 Å². The molecular formula is C13H19N5. The van der Waals surface area contributed by atoms with Crippen molar-refractivity contribution in [2.24, 2.45) is 11.7 Å². The van der Waals surface area contributed by atoms with E-state index in [9.17, 15) is 0 Å². The third-order valence-electron chi connectivity index (χ3n) is 3.48. The van der Waals surface area contributed by atoms with Gasteiger partial charge in [0.2, 0.25) is 0 Å². The molecule has 0 bridgehead atoms. The fourth-order valence-electron chi connectivity index (χ4n) is 2.85. The number of hydrogen-bond acceptors (Lipinski definition) is 4. The largest absolute Gasteiger partial charge is 0.353 e. The van der Waals surface area contributed by atoms with Crippen molar-refractivity contribution in [3.05, 3.63) is 24.2 Å². The Kier molecular flexibility index (Phi) is 2.70. The summed E-state index contributed by atoms with van der Waals surface area (Å²) in [6.07, 6.45) is 4.79. The highest BCUT2D eigenvalue weighted by Gasteiger charge is 2.24. The van der Waals surface area contributed by atoms with Crippen LogP contribution in [0, 0.1) is 12.8 Å². The van der Waals surface area contributed by atoms with E-state index >= 15 is 0 Å². The van der Waals surface area contributed by atoms with Gasteiger partial charge in [-0.1, -0.05) is 6.92 Å². The van der Waals surface area contributed by atoms with Crippen LogP contribution >= 0.6 is 0 Å².